The van der Waals surface area contributed by atoms with Gasteiger partial charge in [-0.05, 0) is 65.5 Å². The van der Waals surface area contributed by atoms with E-state index < -0.39 is 86.8 Å². The van der Waals surface area contributed by atoms with Gasteiger partial charge in [0.25, 0.3) is 0 Å². The van der Waals surface area contributed by atoms with Crippen LogP contribution in [0.4, 0.5) is 0 Å². The molecule has 3 bridgehead atoms. The lowest BCUT2D eigenvalue weighted by atomic mass is 9.34. The first-order valence-corrected chi connectivity index (χ1v) is 14.6. The first-order valence-electron chi connectivity index (χ1n) is 14.6. The van der Waals surface area contributed by atoms with E-state index in [0.717, 1.165) is 0 Å². The van der Waals surface area contributed by atoms with Gasteiger partial charge in [0.05, 0.1) is 5.41 Å². The van der Waals surface area contributed by atoms with Crippen molar-refractivity contribution in [2.24, 2.45) is 16.2 Å². The molecule has 0 radical (unpaired) electrons. The molecule has 11 nitrogen and oxygen atoms in total. The summed E-state index contributed by atoms with van der Waals surface area (Å²) in [5.41, 5.74) is -10.8. The minimum Gasteiger partial charge on any atom is -0.459 e. The summed E-state index contributed by atoms with van der Waals surface area (Å²) in [6.45, 7) is 21.6. The number of hydrogen-bond donors (Lipinski definition) is 0. The molecule has 4 aliphatic heterocycles. The third kappa shape index (κ3) is 2.72. The van der Waals surface area contributed by atoms with E-state index in [2.05, 4.69) is 13.2 Å². The Balaban J connectivity index is 1.76. The summed E-state index contributed by atoms with van der Waals surface area (Å²) in [6.07, 6.45) is -1.81. The number of carbonyl (C=O) groups excluding carboxylic acids is 5. The molecule has 0 N–H and O–H groups in total. The highest BCUT2D eigenvalue weighted by atomic mass is 16.7. The van der Waals surface area contributed by atoms with E-state index in [1.54, 1.807) is 40.7 Å². The summed E-state index contributed by atoms with van der Waals surface area (Å²) in [7, 11) is 0. The molecule has 11 heteroatoms. The monoisotopic (exact) mass is 598 g/mol. The van der Waals surface area contributed by atoms with Crippen LogP contribution >= 0.6 is 0 Å². The van der Waals surface area contributed by atoms with Crippen LogP contribution in [0.1, 0.15) is 74.7 Å². The zero-order valence-electron chi connectivity index (χ0n) is 25.8. The van der Waals surface area contributed by atoms with E-state index in [1.807, 2.05) is 0 Å². The van der Waals surface area contributed by atoms with E-state index in [9.17, 15) is 24.0 Å². The third-order valence-corrected chi connectivity index (χ3v) is 11.9. The van der Waals surface area contributed by atoms with E-state index in [0.29, 0.717) is 11.1 Å². The summed E-state index contributed by atoms with van der Waals surface area (Å²) in [4.78, 5) is 67.7. The van der Waals surface area contributed by atoms with E-state index >= 15 is 0 Å². The number of carbonyl (C=O) groups is 5. The second-order valence-corrected chi connectivity index (χ2v) is 13.7. The normalized spacial score (nSPS) is 47.4. The van der Waals surface area contributed by atoms with Gasteiger partial charge >= 0.3 is 29.8 Å². The zero-order valence-corrected chi connectivity index (χ0v) is 25.8. The molecule has 232 valence electrons. The quantitative estimate of drug-likeness (QED) is 0.205. The highest BCUT2D eigenvalue weighted by Gasteiger charge is 3.01. The molecule has 0 aromatic heterocycles. The van der Waals surface area contributed by atoms with Crippen molar-refractivity contribution in [1.82, 2.24) is 0 Å². The predicted molar refractivity (Wildman–Crippen MR) is 147 cm³/mol. The van der Waals surface area contributed by atoms with Crippen molar-refractivity contribution < 1.29 is 52.4 Å². The topological polar surface area (TPSA) is 141 Å². The van der Waals surface area contributed by atoms with Crippen LogP contribution in [0.15, 0.2) is 36.0 Å². The number of esters is 5. The van der Waals surface area contributed by atoms with E-state index in [1.165, 1.54) is 20.8 Å². The largest absolute Gasteiger partial charge is 0.459 e. The van der Waals surface area contributed by atoms with Gasteiger partial charge in [-0.25, -0.2) is 9.59 Å². The van der Waals surface area contributed by atoms with Crippen molar-refractivity contribution in [2.45, 2.75) is 115 Å². The van der Waals surface area contributed by atoms with Crippen molar-refractivity contribution in [3.05, 3.63) is 36.0 Å². The van der Waals surface area contributed by atoms with Gasteiger partial charge in [0.2, 0.25) is 5.60 Å². The van der Waals surface area contributed by atoms with Crippen molar-refractivity contribution in [1.29, 1.82) is 0 Å². The highest BCUT2D eigenvalue weighted by Crippen LogP contribution is 2.85. The SMILES string of the molecule is C=C1[C@@]23C(=O)O[C@H](C)[C@]24O[C@@]2(C(=C)[C@]5(CCC(=O)OC5(C)C)C[C@@H](OC(=O)/C(C)=C/C)[C@]32C)[C@H](OC(C)=O)[C@@]1(C)OC4=O. The molecule has 2 spiro atoms. The van der Waals surface area contributed by atoms with Crippen LogP contribution in [0, 0.1) is 16.2 Å². The molecular formula is C32H38O11. The lowest BCUT2D eigenvalue weighted by molar-refractivity contribution is -0.272. The smallest absolute Gasteiger partial charge is 0.345 e. The van der Waals surface area contributed by atoms with Gasteiger partial charge in [0.1, 0.15) is 28.8 Å². The first-order chi connectivity index (χ1) is 19.8. The van der Waals surface area contributed by atoms with Gasteiger partial charge in [-0.2, -0.15) is 0 Å². The molecule has 4 heterocycles. The Bertz CT molecular complexity index is 1490. The number of allylic oxidation sites excluding steroid dienone is 1. The number of rotatable bonds is 3. The van der Waals surface area contributed by atoms with Gasteiger partial charge in [-0.15, -0.1) is 0 Å². The molecule has 6 fully saturated rings. The second kappa shape index (κ2) is 8.16. The highest BCUT2D eigenvalue weighted by molar-refractivity contribution is 6.03. The number of ether oxygens (including phenoxy) is 6. The molecule has 9 atom stereocenters. The van der Waals surface area contributed by atoms with Crippen molar-refractivity contribution in [3.63, 3.8) is 0 Å². The minimum atomic E-state index is -2.07. The van der Waals surface area contributed by atoms with Gasteiger partial charge in [-0.3, -0.25) is 14.4 Å². The Hall–Kier alpha value is -3.47. The Kier molecular flexibility index (Phi) is 5.62. The van der Waals surface area contributed by atoms with Gasteiger partial charge in [0.15, 0.2) is 11.7 Å². The molecule has 4 saturated heterocycles. The van der Waals surface area contributed by atoms with E-state index in [-0.39, 0.29) is 24.8 Å². The molecule has 0 aromatic carbocycles. The van der Waals surface area contributed by atoms with Crippen molar-refractivity contribution >= 4 is 29.8 Å². The molecule has 6 rings (SSSR count). The average Bonchev–Trinajstić information content (AvgIpc) is 3.23. The van der Waals surface area contributed by atoms with Gasteiger partial charge in [0, 0.05) is 24.3 Å². The summed E-state index contributed by atoms with van der Waals surface area (Å²) < 4.78 is 37.3. The summed E-state index contributed by atoms with van der Waals surface area (Å²) >= 11 is 0. The molecule has 0 aromatic rings. The molecule has 2 aliphatic carbocycles. The summed E-state index contributed by atoms with van der Waals surface area (Å²) in [5, 5.41) is 0. The Labute approximate surface area is 249 Å². The lowest BCUT2D eigenvalue weighted by Crippen LogP contribution is -2.82. The zero-order chi connectivity index (χ0) is 31.9. The number of cyclic esters (lactones) is 2. The lowest BCUT2D eigenvalue weighted by Gasteiger charge is -2.69. The Morgan fingerprint density at radius 3 is 2.19 bits per heavy atom. The number of fused-ring (bicyclic) bond motifs is 1. The van der Waals surface area contributed by atoms with Crippen molar-refractivity contribution in [2.75, 3.05) is 0 Å². The molecule has 0 amide bonds. The molecule has 6 aliphatic rings. The maximum atomic E-state index is 14.4. The maximum absolute atomic E-state index is 14.4. The van der Waals surface area contributed by atoms with Crippen molar-refractivity contribution in [3.8, 4) is 0 Å². The average molecular weight is 599 g/mol. The molecule has 0 unspecified atom stereocenters. The van der Waals surface area contributed by atoms with Gasteiger partial charge in [-0.1, -0.05) is 26.2 Å². The Morgan fingerprint density at radius 2 is 1.60 bits per heavy atom. The van der Waals surface area contributed by atoms with Gasteiger partial charge < -0.3 is 28.4 Å². The standard InChI is InChI=1S/C32H38O11/c1-11-15(2)22(35)40-20-14-29(13-12-21(34)41-26(29,7)8)17(4)31-23(39-19(6)33)27(9)16(3)30(28(20,31)10)24(36)38-18(5)32(30,43-31)25(37)42-27/h11,18,20,23H,3-4,12-14H2,1-2,5-10H3/b15-11+/t18-,20-,23-,27+,28-,29+,30+,31+,32-/m1/s1. The maximum Gasteiger partial charge on any atom is 0.345 e. The van der Waals surface area contributed by atoms with Crippen LogP contribution in [0.25, 0.3) is 0 Å². The fourth-order valence-electron chi connectivity index (χ4n) is 9.62. The predicted octanol–water partition coefficient (Wildman–Crippen LogP) is 3.19. The van der Waals surface area contributed by atoms with Crippen LogP contribution in [0.3, 0.4) is 0 Å². The third-order valence-electron chi connectivity index (χ3n) is 11.9. The second-order valence-electron chi connectivity index (χ2n) is 13.7. The summed E-state index contributed by atoms with van der Waals surface area (Å²) in [5.74, 6) is -3.43. The summed E-state index contributed by atoms with van der Waals surface area (Å²) in [6, 6.07) is 0. The van der Waals surface area contributed by atoms with Crippen LogP contribution < -0.4 is 0 Å². The Morgan fingerprint density at radius 1 is 0.953 bits per heavy atom. The molecular weight excluding hydrogens is 560 g/mol. The van der Waals surface area contributed by atoms with Crippen LogP contribution in [0.2, 0.25) is 0 Å². The van der Waals surface area contributed by atoms with Crippen LogP contribution in [0.5, 0.6) is 0 Å². The van der Waals surface area contributed by atoms with Crippen LogP contribution in [-0.2, 0) is 52.4 Å². The fraction of sp³-hybridized carbons (Fsp3) is 0.656. The fourth-order valence-corrected chi connectivity index (χ4v) is 9.62. The molecule has 2 saturated carbocycles. The minimum absolute atomic E-state index is 0.0240. The number of hydrogen-bond acceptors (Lipinski definition) is 11. The van der Waals surface area contributed by atoms with E-state index in [4.69, 9.17) is 28.4 Å². The first kappa shape index (κ1) is 29.6. The molecule has 43 heavy (non-hydrogen) atoms. The van der Waals surface area contributed by atoms with Crippen LogP contribution in [-0.4, -0.2) is 70.6 Å².